The fraction of sp³-hybridized carbons (Fsp3) is 0.625. The van der Waals surface area contributed by atoms with Gasteiger partial charge in [-0.2, -0.15) is 12.6 Å². The van der Waals surface area contributed by atoms with Gasteiger partial charge in [0.1, 0.15) is 18.1 Å². The molecule has 170 valence electrons. The average molecular weight is 449 g/mol. The van der Waals surface area contributed by atoms with E-state index >= 15 is 0 Å². The van der Waals surface area contributed by atoms with Crippen molar-refractivity contribution in [1.29, 1.82) is 0 Å². The summed E-state index contributed by atoms with van der Waals surface area (Å²) >= 11 is 3.95. The standard InChI is InChI=1S/C16H27N5O8S/c1-6(2)12(15(27)19-8(16(28)29)4-10(18)22)21-14(26)9(5-30)20-13(25)7(17)3-11(23)24/h6-9,12,30H,3-5,17H2,1-2H3,(H2,18,22)(H,19,27)(H,20,25)(H,21,26)(H,23,24)(H,28,29). The van der Waals surface area contributed by atoms with Gasteiger partial charge in [-0.25, -0.2) is 4.79 Å². The summed E-state index contributed by atoms with van der Waals surface area (Å²) < 4.78 is 0. The van der Waals surface area contributed by atoms with Crippen LogP contribution < -0.4 is 27.4 Å². The number of hydrogen-bond acceptors (Lipinski definition) is 8. The number of thiol groups is 1. The normalized spacial score (nSPS) is 14.7. The van der Waals surface area contributed by atoms with E-state index in [4.69, 9.17) is 21.7 Å². The molecule has 0 aliphatic rings. The second-order valence-corrected chi connectivity index (χ2v) is 7.11. The lowest BCUT2D eigenvalue weighted by molar-refractivity contribution is -0.144. The Hall–Kier alpha value is -2.87. The number of carbonyl (C=O) groups excluding carboxylic acids is 4. The second kappa shape index (κ2) is 12.6. The van der Waals surface area contributed by atoms with E-state index < -0.39 is 78.5 Å². The van der Waals surface area contributed by atoms with Crippen molar-refractivity contribution in [2.45, 2.75) is 50.9 Å². The average Bonchev–Trinajstić information content (AvgIpc) is 2.61. The molecule has 30 heavy (non-hydrogen) atoms. The molecule has 0 saturated heterocycles. The molecule has 0 rings (SSSR count). The zero-order valence-electron chi connectivity index (χ0n) is 16.5. The molecule has 14 heteroatoms. The van der Waals surface area contributed by atoms with Gasteiger partial charge in [-0.1, -0.05) is 13.8 Å². The highest BCUT2D eigenvalue weighted by Gasteiger charge is 2.32. The number of amides is 4. The van der Waals surface area contributed by atoms with Crippen molar-refractivity contribution in [2.75, 3.05) is 5.75 Å². The summed E-state index contributed by atoms with van der Waals surface area (Å²) in [6.45, 7) is 3.15. The number of rotatable bonds is 13. The molecule has 0 heterocycles. The first-order valence-electron chi connectivity index (χ1n) is 8.80. The minimum atomic E-state index is -1.58. The van der Waals surface area contributed by atoms with E-state index in [0.717, 1.165) is 0 Å². The Balaban J connectivity index is 5.21. The molecule has 13 nitrogen and oxygen atoms in total. The predicted molar refractivity (Wildman–Crippen MR) is 106 cm³/mol. The highest BCUT2D eigenvalue weighted by Crippen LogP contribution is 2.05. The lowest BCUT2D eigenvalue weighted by atomic mass is 10.0. The minimum Gasteiger partial charge on any atom is -0.481 e. The third-order valence-electron chi connectivity index (χ3n) is 3.81. The van der Waals surface area contributed by atoms with E-state index in [0.29, 0.717) is 0 Å². The van der Waals surface area contributed by atoms with Crippen molar-refractivity contribution < 1.29 is 39.0 Å². The summed E-state index contributed by atoms with van der Waals surface area (Å²) in [5.41, 5.74) is 10.4. The SMILES string of the molecule is CC(C)C(NC(=O)C(CS)NC(=O)C(N)CC(=O)O)C(=O)NC(CC(N)=O)C(=O)O. The summed E-state index contributed by atoms with van der Waals surface area (Å²) in [6.07, 6.45) is -1.29. The number of carboxylic acids is 2. The van der Waals surface area contributed by atoms with Gasteiger partial charge in [-0.3, -0.25) is 24.0 Å². The van der Waals surface area contributed by atoms with E-state index in [2.05, 4.69) is 28.6 Å². The molecular formula is C16H27N5O8S. The van der Waals surface area contributed by atoms with E-state index in [1.165, 1.54) is 0 Å². The molecule has 0 bridgehead atoms. The maximum Gasteiger partial charge on any atom is 0.326 e. The first-order chi connectivity index (χ1) is 13.8. The summed E-state index contributed by atoms with van der Waals surface area (Å²) in [4.78, 5) is 69.6. The topological polar surface area (TPSA) is 231 Å². The molecule has 0 aliphatic carbocycles. The lowest BCUT2D eigenvalue weighted by Crippen LogP contribution is -2.59. The molecule has 9 N–H and O–H groups in total. The number of nitrogens with two attached hydrogens (primary N) is 2. The molecule has 0 spiro atoms. The van der Waals surface area contributed by atoms with Gasteiger partial charge in [-0.15, -0.1) is 0 Å². The lowest BCUT2D eigenvalue weighted by Gasteiger charge is -2.26. The molecule has 0 aromatic heterocycles. The Morgan fingerprint density at radius 3 is 1.80 bits per heavy atom. The van der Waals surface area contributed by atoms with Gasteiger partial charge >= 0.3 is 11.9 Å². The van der Waals surface area contributed by atoms with Crippen LogP contribution in [0.15, 0.2) is 0 Å². The van der Waals surface area contributed by atoms with Crippen molar-refractivity contribution in [3.8, 4) is 0 Å². The molecule has 0 saturated carbocycles. The van der Waals surface area contributed by atoms with E-state index in [1.54, 1.807) is 13.8 Å². The summed E-state index contributed by atoms with van der Waals surface area (Å²) in [6, 6.07) is -5.43. The van der Waals surface area contributed by atoms with Gasteiger partial charge in [0, 0.05) is 5.75 Å². The summed E-state index contributed by atoms with van der Waals surface area (Å²) in [5, 5.41) is 24.5. The fourth-order valence-corrected chi connectivity index (χ4v) is 2.46. The third kappa shape index (κ3) is 9.56. The zero-order valence-corrected chi connectivity index (χ0v) is 17.3. The number of primary amides is 1. The van der Waals surface area contributed by atoms with Gasteiger partial charge in [0.25, 0.3) is 0 Å². The maximum atomic E-state index is 12.5. The van der Waals surface area contributed by atoms with Gasteiger partial charge < -0.3 is 37.6 Å². The van der Waals surface area contributed by atoms with Crippen molar-refractivity contribution in [1.82, 2.24) is 16.0 Å². The monoisotopic (exact) mass is 449 g/mol. The molecule has 4 atom stereocenters. The number of nitrogens with one attached hydrogen (secondary N) is 3. The number of hydrogen-bond donors (Lipinski definition) is 8. The first kappa shape index (κ1) is 27.1. The van der Waals surface area contributed by atoms with Gasteiger partial charge in [-0.05, 0) is 5.92 Å². The van der Waals surface area contributed by atoms with Gasteiger partial charge in [0.15, 0.2) is 0 Å². The quantitative estimate of drug-likeness (QED) is 0.132. The predicted octanol–water partition coefficient (Wildman–Crippen LogP) is -3.21. The van der Waals surface area contributed by atoms with Gasteiger partial charge in [0.2, 0.25) is 23.6 Å². The molecular weight excluding hydrogens is 422 g/mol. The highest BCUT2D eigenvalue weighted by atomic mass is 32.1. The second-order valence-electron chi connectivity index (χ2n) is 6.75. The van der Waals surface area contributed by atoms with Crippen LogP contribution in [0.3, 0.4) is 0 Å². The van der Waals surface area contributed by atoms with E-state index in [9.17, 15) is 28.8 Å². The first-order valence-corrected chi connectivity index (χ1v) is 9.43. The smallest absolute Gasteiger partial charge is 0.326 e. The van der Waals surface area contributed by atoms with Crippen LogP contribution in [-0.4, -0.2) is 75.7 Å². The molecule has 0 aliphatic heterocycles. The van der Waals surface area contributed by atoms with Crippen LogP contribution in [0.4, 0.5) is 0 Å². The number of carbonyl (C=O) groups is 6. The molecule has 0 aromatic rings. The largest absolute Gasteiger partial charge is 0.481 e. The van der Waals surface area contributed by atoms with Crippen LogP contribution in [0.1, 0.15) is 26.7 Å². The summed E-state index contributed by atoms with van der Waals surface area (Å²) in [7, 11) is 0. The molecule has 4 unspecified atom stereocenters. The fourth-order valence-electron chi connectivity index (χ4n) is 2.21. The number of aliphatic carboxylic acids is 2. The number of carboxylic acid groups (broad SMARTS) is 2. The Kier molecular flexibility index (Phi) is 11.4. The van der Waals surface area contributed by atoms with Crippen molar-refractivity contribution >= 4 is 48.2 Å². The zero-order chi connectivity index (χ0) is 23.6. The minimum absolute atomic E-state index is 0.191. The molecule has 0 fully saturated rings. The molecule has 0 aromatic carbocycles. The summed E-state index contributed by atoms with van der Waals surface area (Å²) in [5.74, 6) is -7.01. The van der Waals surface area contributed by atoms with Crippen LogP contribution in [0.25, 0.3) is 0 Å². The Morgan fingerprint density at radius 2 is 1.40 bits per heavy atom. The molecule has 0 radical (unpaired) electrons. The van der Waals surface area contributed by atoms with E-state index in [1.807, 2.05) is 0 Å². The van der Waals surface area contributed by atoms with Crippen LogP contribution in [0, 0.1) is 5.92 Å². The Morgan fingerprint density at radius 1 is 0.867 bits per heavy atom. The van der Waals surface area contributed by atoms with Crippen LogP contribution >= 0.6 is 12.6 Å². The molecule has 4 amide bonds. The van der Waals surface area contributed by atoms with Crippen LogP contribution in [-0.2, 0) is 28.8 Å². The van der Waals surface area contributed by atoms with Crippen molar-refractivity contribution in [3.63, 3.8) is 0 Å². The van der Waals surface area contributed by atoms with Crippen LogP contribution in [0.2, 0.25) is 0 Å². The maximum absolute atomic E-state index is 12.5. The highest BCUT2D eigenvalue weighted by molar-refractivity contribution is 7.80. The Bertz CT molecular complexity index is 687. The van der Waals surface area contributed by atoms with Crippen molar-refractivity contribution in [3.05, 3.63) is 0 Å². The van der Waals surface area contributed by atoms with Crippen molar-refractivity contribution in [2.24, 2.45) is 17.4 Å². The van der Waals surface area contributed by atoms with Gasteiger partial charge in [0.05, 0.1) is 18.9 Å². The third-order valence-corrected chi connectivity index (χ3v) is 4.18. The Labute approximate surface area is 177 Å². The van der Waals surface area contributed by atoms with Crippen LogP contribution in [0.5, 0.6) is 0 Å². The van der Waals surface area contributed by atoms with E-state index in [-0.39, 0.29) is 5.75 Å².